The molecule has 1 rings (SSSR count). The molecule has 5 nitrogen and oxygen atoms in total. The minimum atomic E-state index is -0.417. The van der Waals surface area contributed by atoms with Gasteiger partial charge in [-0.3, -0.25) is 4.79 Å². The van der Waals surface area contributed by atoms with Crippen molar-refractivity contribution in [2.24, 2.45) is 5.92 Å². The van der Waals surface area contributed by atoms with E-state index in [1.807, 2.05) is 0 Å². The molecule has 6 heteroatoms. The van der Waals surface area contributed by atoms with Crippen molar-refractivity contribution in [3.63, 3.8) is 0 Å². The fourth-order valence-electron chi connectivity index (χ4n) is 1.46. The molecular formula is C8H14BN2O3. The Bertz CT molecular complexity index is 213. The first kappa shape index (κ1) is 11.2. The maximum absolute atomic E-state index is 11.2. The lowest BCUT2D eigenvalue weighted by molar-refractivity contribution is -0.123. The van der Waals surface area contributed by atoms with Gasteiger partial charge in [-0.1, -0.05) is 6.82 Å². The zero-order valence-corrected chi connectivity index (χ0v) is 8.16. The van der Waals surface area contributed by atoms with Crippen LogP contribution in [0.4, 0.5) is 0 Å². The number of aldehydes is 1. The van der Waals surface area contributed by atoms with Crippen molar-refractivity contribution in [1.82, 2.24) is 10.8 Å². The van der Waals surface area contributed by atoms with Crippen molar-refractivity contribution >= 4 is 19.7 Å². The molecule has 1 amide bonds. The van der Waals surface area contributed by atoms with Crippen LogP contribution in [0.25, 0.3) is 0 Å². The van der Waals surface area contributed by atoms with Gasteiger partial charge in [0.1, 0.15) is 6.29 Å². The van der Waals surface area contributed by atoms with E-state index in [-0.39, 0.29) is 11.8 Å². The Hall–Kier alpha value is -0.875. The minimum absolute atomic E-state index is 0.0270. The van der Waals surface area contributed by atoms with Crippen LogP contribution < -0.4 is 10.8 Å². The van der Waals surface area contributed by atoms with E-state index in [1.165, 1.54) is 7.48 Å². The standard InChI is InChI=1S/C8H14BN2O3/c1-9-14-11-7(5-12)4-6-2-3-10-8(6)13/h5-7,11H,2-4H2,1H3,(H,10,13)/t6?,7-/m0/s1. The molecule has 0 saturated carbocycles. The molecule has 77 valence electrons. The van der Waals surface area contributed by atoms with E-state index in [0.717, 1.165) is 12.7 Å². The summed E-state index contributed by atoms with van der Waals surface area (Å²) >= 11 is 0. The second-order valence-corrected chi connectivity index (χ2v) is 3.23. The van der Waals surface area contributed by atoms with Crippen molar-refractivity contribution < 1.29 is 14.3 Å². The van der Waals surface area contributed by atoms with Crippen LogP contribution >= 0.6 is 0 Å². The molecule has 1 radical (unpaired) electrons. The Morgan fingerprint density at radius 1 is 1.86 bits per heavy atom. The number of rotatable bonds is 6. The van der Waals surface area contributed by atoms with E-state index in [2.05, 4.69) is 10.8 Å². The molecule has 2 N–H and O–H groups in total. The third-order valence-electron chi connectivity index (χ3n) is 2.20. The van der Waals surface area contributed by atoms with Crippen molar-refractivity contribution in [2.45, 2.75) is 25.7 Å². The van der Waals surface area contributed by atoms with E-state index in [0.29, 0.717) is 13.0 Å². The predicted molar refractivity (Wildman–Crippen MR) is 51.4 cm³/mol. The summed E-state index contributed by atoms with van der Waals surface area (Å²) in [6.45, 7) is 2.41. The zero-order valence-electron chi connectivity index (χ0n) is 8.16. The van der Waals surface area contributed by atoms with Crippen LogP contribution in [0.5, 0.6) is 0 Å². The monoisotopic (exact) mass is 197 g/mol. The van der Waals surface area contributed by atoms with E-state index in [4.69, 9.17) is 4.76 Å². The van der Waals surface area contributed by atoms with Gasteiger partial charge in [-0.15, -0.1) is 0 Å². The summed E-state index contributed by atoms with van der Waals surface area (Å²) in [5, 5.41) is 2.72. The van der Waals surface area contributed by atoms with Gasteiger partial charge in [0, 0.05) is 12.5 Å². The molecule has 0 aliphatic carbocycles. The summed E-state index contributed by atoms with van der Waals surface area (Å²) in [6.07, 6.45) is 2.04. The smallest absolute Gasteiger partial charge is 0.320 e. The molecular weight excluding hydrogens is 183 g/mol. The average Bonchev–Trinajstić information content (AvgIpc) is 2.59. The lowest BCUT2D eigenvalue weighted by Gasteiger charge is -2.14. The summed E-state index contributed by atoms with van der Waals surface area (Å²) in [7, 11) is 1.45. The van der Waals surface area contributed by atoms with Crippen molar-refractivity contribution in [1.29, 1.82) is 0 Å². The van der Waals surface area contributed by atoms with Gasteiger partial charge in [-0.05, 0) is 12.8 Å². The number of hydrogen-bond donors (Lipinski definition) is 2. The summed E-state index contributed by atoms with van der Waals surface area (Å²) in [5.41, 5.74) is 2.56. The maximum atomic E-state index is 11.2. The van der Waals surface area contributed by atoms with Gasteiger partial charge in [-0.25, -0.2) is 5.48 Å². The highest BCUT2D eigenvalue weighted by atomic mass is 16.6. The van der Waals surface area contributed by atoms with Gasteiger partial charge in [0.05, 0.1) is 6.04 Å². The van der Waals surface area contributed by atoms with Crippen LogP contribution in [-0.4, -0.2) is 32.3 Å². The van der Waals surface area contributed by atoms with Crippen molar-refractivity contribution in [2.75, 3.05) is 6.54 Å². The number of carbonyl (C=O) groups is 2. The molecule has 0 spiro atoms. The Morgan fingerprint density at radius 2 is 2.64 bits per heavy atom. The lowest BCUT2D eigenvalue weighted by Crippen LogP contribution is -2.35. The summed E-state index contributed by atoms with van der Waals surface area (Å²) in [4.78, 5) is 21.8. The first-order valence-electron chi connectivity index (χ1n) is 4.70. The second kappa shape index (κ2) is 5.77. The lowest BCUT2D eigenvalue weighted by atomic mass is 9.99. The van der Waals surface area contributed by atoms with Crippen molar-refractivity contribution in [3.05, 3.63) is 0 Å². The normalized spacial score (nSPS) is 22.9. The molecule has 0 aromatic heterocycles. The first-order valence-corrected chi connectivity index (χ1v) is 4.70. The van der Waals surface area contributed by atoms with Crippen LogP contribution in [0.2, 0.25) is 6.82 Å². The van der Waals surface area contributed by atoms with Gasteiger partial charge >= 0.3 is 7.48 Å². The van der Waals surface area contributed by atoms with Crippen LogP contribution in [0.1, 0.15) is 12.8 Å². The average molecular weight is 197 g/mol. The van der Waals surface area contributed by atoms with Gasteiger partial charge < -0.3 is 14.9 Å². The largest absolute Gasteiger partial charge is 0.369 e. The molecule has 1 saturated heterocycles. The third-order valence-corrected chi connectivity index (χ3v) is 2.20. The molecule has 1 heterocycles. The van der Waals surface area contributed by atoms with E-state index in [9.17, 15) is 9.59 Å². The summed E-state index contributed by atoms with van der Waals surface area (Å²) in [6, 6.07) is -0.417. The highest BCUT2D eigenvalue weighted by molar-refractivity contribution is 6.24. The fraction of sp³-hybridized carbons (Fsp3) is 0.750. The van der Waals surface area contributed by atoms with Gasteiger partial charge in [-0.2, -0.15) is 0 Å². The molecule has 0 aromatic rings. The summed E-state index contributed by atoms with van der Waals surface area (Å²) < 4.78 is 4.79. The number of hydroxylamine groups is 1. The Labute approximate surface area is 83.8 Å². The highest BCUT2D eigenvalue weighted by Crippen LogP contribution is 2.15. The maximum Gasteiger partial charge on any atom is 0.320 e. The second-order valence-electron chi connectivity index (χ2n) is 3.23. The molecule has 1 aliphatic heterocycles. The van der Waals surface area contributed by atoms with Crippen LogP contribution in [0, 0.1) is 5.92 Å². The Kier molecular flexibility index (Phi) is 4.62. The van der Waals surface area contributed by atoms with Crippen LogP contribution in [0.15, 0.2) is 0 Å². The quantitative estimate of drug-likeness (QED) is 0.334. The molecule has 0 bridgehead atoms. The number of carbonyl (C=O) groups excluding carboxylic acids is 2. The number of hydrogen-bond acceptors (Lipinski definition) is 4. The SMILES string of the molecule is C[B]ON[C@H](C=O)CC1CCNC1=O. The minimum Gasteiger partial charge on any atom is -0.369 e. The van der Waals surface area contributed by atoms with Crippen LogP contribution in [-0.2, 0) is 14.3 Å². The van der Waals surface area contributed by atoms with Gasteiger partial charge in [0.15, 0.2) is 0 Å². The molecule has 2 atom stereocenters. The topological polar surface area (TPSA) is 67.4 Å². The molecule has 1 aliphatic rings. The molecule has 0 aromatic carbocycles. The van der Waals surface area contributed by atoms with Crippen molar-refractivity contribution in [3.8, 4) is 0 Å². The predicted octanol–water partition coefficient (Wildman–Crippen LogP) is -0.731. The molecule has 14 heavy (non-hydrogen) atoms. The molecule has 1 unspecified atom stereocenters. The van der Waals surface area contributed by atoms with E-state index < -0.39 is 6.04 Å². The zero-order chi connectivity index (χ0) is 10.4. The number of nitrogens with one attached hydrogen (secondary N) is 2. The van der Waals surface area contributed by atoms with Crippen LogP contribution in [0.3, 0.4) is 0 Å². The van der Waals surface area contributed by atoms with E-state index in [1.54, 1.807) is 6.82 Å². The highest BCUT2D eigenvalue weighted by Gasteiger charge is 2.26. The molecule has 1 fully saturated rings. The number of amides is 1. The Morgan fingerprint density at radius 3 is 3.14 bits per heavy atom. The van der Waals surface area contributed by atoms with E-state index >= 15 is 0 Å². The van der Waals surface area contributed by atoms with Gasteiger partial charge in [0.2, 0.25) is 5.91 Å². The summed E-state index contributed by atoms with van der Waals surface area (Å²) in [5.74, 6) is -0.0442. The third kappa shape index (κ3) is 3.12. The first-order chi connectivity index (χ1) is 6.77. The van der Waals surface area contributed by atoms with Gasteiger partial charge in [0.25, 0.3) is 0 Å². The fourth-order valence-corrected chi connectivity index (χ4v) is 1.46. The Balaban J connectivity index is 2.31.